The molecule has 0 radical (unpaired) electrons. The number of aromatic nitrogens is 1. The van der Waals surface area contributed by atoms with Crippen LogP contribution < -0.4 is 14.5 Å². The highest BCUT2D eigenvalue weighted by Gasteiger charge is 2.37. The lowest BCUT2D eigenvalue weighted by Crippen LogP contribution is -2.41. The Morgan fingerprint density at radius 1 is 0.881 bits per heavy atom. The molecule has 1 atom stereocenters. The molecule has 0 N–H and O–H groups in total. The summed E-state index contributed by atoms with van der Waals surface area (Å²) in [5.41, 5.74) is 2.27. The van der Waals surface area contributed by atoms with E-state index >= 15 is 0 Å². The predicted octanol–water partition coefficient (Wildman–Crippen LogP) is 6.56. The number of ether oxygens (including phenoxy) is 4. The van der Waals surface area contributed by atoms with Crippen molar-refractivity contribution in [2.45, 2.75) is 84.5 Å². The van der Waals surface area contributed by atoms with Gasteiger partial charge in [0, 0.05) is 38.1 Å². The van der Waals surface area contributed by atoms with Crippen molar-refractivity contribution in [3.8, 4) is 5.75 Å². The highest BCUT2D eigenvalue weighted by atomic mass is 16.6. The number of rotatable bonds is 2. The van der Waals surface area contributed by atoms with Crippen LogP contribution in [0.25, 0.3) is 0 Å². The van der Waals surface area contributed by atoms with E-state index in [1.165, 1.54) is 0 Å². The number of morpholine rings is 1. The molecular weight excluding hydrogens is 536 g/mol. The number of piperidine rings is 1. The Labute approximate surface area is 248 Å². The van der Waals surface area contributed by atoms with E-state index < -0.39 is 17.3 Å². The normalized spacial score (nSPS) is 19.8. The molecule has 1 aromatic carbocycles. The number of hydrogen-bond donors (Lipinski definition) is 0. The van der Waals surface area contributed by atoms with Crippen LogP contribution in [-0.2, 0) is 14.2 Å². The van der Waals surface area contributed by atoms with Gasteiger partial charge in [-0.2, -0.15) is 0 Å². The van der Waals surface area contributed by atoms with E-state index in [2.05, 4.69) is 11.0 Å². The van der Waals surface area contributed by atoms with E-state index in [0.29, 0.717) is 43.6 Å². The van der Waals surface area contributed by atoms with Crippen molar-refractivity contribution < 1.29 is 28.5 Å². The summed E-state index contributed by atoms with van der Waals surface area (Å²) in [6.07, 6.45) is 2.18. The summed E-state index contributed by atoms with van der Waals surface area (Å²) in [4.78, 5) is 36.9. The van der Waals surface area contributed by atoms with Gasteiger partial charge in [0.25, 0.3) is 0 Å². The van der Waals surface area contributed by atoms with Gasteiger partial charge in [-0.1, -0.05) is 6.07 Å². The summed E-state index contributed by atoms with van der Waals surface area (Å²) in [5.74, 6) is 1.31. The van der Waals surface area contributed by atoms with Crippen molar-refractivity contribution in [2.24, 2.45) is 0 Å². The first-order chi connectivity index (χ1) is 19.8. The number of pyridine rings is 1. The topological polar surface area (TPSA) is 93.7 Å². The summed E-state index contributed by atoms with van der Waals surface area (Å²) >= 11 is 0. The molecule has 42 heavy (non-hydrogen) atoms. The Morgan fingerprint density at radius 3 is 2.17 bits per heavy atom. The zero-order valence-corrected chi connectivity index (χ0v) is 25.9. The predicted molar refractivity (Wildman–Crippen MR) is 161 cm³/mol. The van der Waals surface area contributed by atoms with Gasteiger partial charge in [0.15, 0.2) is 5.82 Å². The zero-order valence-electron chi connectivity index (χ0n) is 25.9. The number of amides is 2. The molecule has 2 amide bonds. The molecule has 3 aliphatic heterocycles. The molecule has 228 valence electrons. The average Bonchev–Trinajstić information content (AvgIpc) is 3.05. The van der Waals surface area contributed by atoms with Crippen molar-refractivity contribution in [2.75, 3.05) is 49.2 Å². The first kappa shape index (κ1) is 29.9. The van der Waals surface area contributed by atoms with Gasteiger partial charge in [-0.25, -0.2) is 19.5 Å². The SMILES string of the molecule is CC1Oc2ccc(C3CCN(C(=O)OC(C)(C)C)CC3)cc2N(C(=O)OC(C)(C)C)c2nccc(N3CCOCC3)c21. The Hall–Kier alpha value is -3.53. The third-order valence-electron chi connectivity index (χ3n) is 7.64. The highest BCUT2D eigenvalue weighted by Crippen LogP contribution is 2.47. The van der Waals surface area contributed by atoms with Crippen LogP contribution in [0.5, 0.6) is 5.75 Å². The van der Waals surface area contributed by atoms with Crippen LogP contribution in [0.3, 0.4) is 0 Å². The third kappa shape index (κ3) is 6.59. The second kappa shape index (κ2) is 11.6. The number of carbonyl (C=O) groups excluding carboxylic acids is 2. The van der Waals surface area contributed by atoms with E-state index in [1.54, 1.807) is 16.0 Å². The van der Waals surface area contributed by atoms with Crippen molar-refractivity contribution in [3.05, 3.63) is 41.6 Å². The van der Waals surface area contributed by atoms with E-state index in [9.17, 15) is 9.59 Å². The smallest absolute Gasteiger partial charge is 0.420 e. The number of likely N-dealkylation sites (tertiary alicyclic amines) is 1. The maximum Gasteiger partial charge on any atom is 0.420 e. The molecular formula is C32H44N4O6. The second-order valence-corrected chi connectivity index (χ2v) is 13.2. The van der Waals surface area contributed by atoms with Gasteiger partial charge >= 0.3 is 12.2 Å². The lowest BCUT2D eigenvalue weighted by atomic mass is 9.89. The Balaban J connectivity index is 1.50. The molecule has 1 aromatic heterocycles. The second-order valence-electron chi connectivity index (χ2n) is 13.2. The maximum atomic E-state index is 13.9. The summed E-state index contributed by atoms with van der Waals surface area (Å²) < 4.78 is 23.6. The monoisotopic (exact) mass is 580 g/mol. The molecule has 2 aromatic rings. The van der Waals surface area contributed by atoms with Gasteiger partial charge in [0.1, 0.15) is 23.1 Å². The molecule has 10 nitrogen and oxygen atoms in total. The Morgan fingerprint density at radius 2 is 1.52 bits per heavy atom. The highest BCUT2D eigenvalue weighted by molar-refractivity contribution is 5.99. The minimum absolute atomic E-state index is 0.210. The number of fused-ring (bicyclic) bond motifs is 2. The molecule has 10 heteroatoms. The van der Waals surface area contributed by atoms with Gasteiger partial charge < -0.3 is 28.7 Å². The fourth-order valence-electron chi connectivity index (χ4n) is 5.74. The lowest BCUT2D eigenvalue weighted by Gasteiger charge is -2.34. The van der Waals surface area contributed by atoms with Gasteiger partial charge in [-0.05, 0) is 91.0 Å². The van der Waals surface area contributed by atoms with Crippen molar-refractivity contribution in [1.29, 1.82) is 0 Å². The van der Waals surface area contributed by atoms with E-state index in [0.717, 1.165) is 42.7 Å². The van der Waals surface area contributed by atoms with E-state index in [-0.39, 0.29) is 18.1 Å². The first-order valence-electron chi connectivity index (χ1n) is 14.9. The standard InChI is InChI=1S/C32H44N4O6/c1-21-27-24(34-16-18-39-19-17-34)10-13-33-28(27)36(30(38)42-32(5,6)7)25-20-23(8-9-26(25)40-21)22-11-14-35(15-12-22)29(37)41-31(2,3)4/h8-10,13,20-22H,11-12,14-19H2,1-7H3. The van der Waals surface area contributed by atoms with E-state index in [4.69, 9.17) is 23.9 Å². The molecule has 0 bridgehead atoms. The molecule has 2 saturated heterocycles. The third-order valence-corrected chi connectivity index (χ3v) is 7.64. The van der Waals surface area contributed by atoms with Crippen LogP contribution in [-0.4, -0.2) is 72.7 Å². The van der Waals surface area contributed by atoms with E-state index in [1.807, 2.05) is 66.7 Å². The van der Waals surface area contributed by atoms with Crippen LogP contribution >= 0.6 is 0 Å². The quantitative estimate of drug-likeness (QED) is 0.394. The fourth-order valence-corrected chi connectivity index (χ4v) is 5.74. The van der Waals surface area contributed by atoms with Gasteiger partial charge in [0.2, 0.25) is 0 Å². The number of carbonyl (C=O) groups is 2. The number of nitrogens with zero attached hydrogens (tertiary/aromatic N) is 4. The van der Waals surface area contributed by atoms with Crippen LogP contribution in [0.2, 0.25) is 0 Å². The van der Waals surface area contributed by atoms with Crippen LogP contribution in [0.1, 0.15) is 84.5 Å². The Bertz CT molecular complexity index is 1300. The lowest BCUT2D eigenvalue weighted by molar-refractivity contribution is 0.0204. The van der Waals surface area contributed by atoms with Gasteiger partial charge in [-0.3, -0.25) is 0 Å². The summed E-state index contributed by atoms with van der Waals surface area (Å²) in [7, 11) is 0. The number of hydrogen-bond acceptors (Lipinski definition) is 8. The number of anilines is 3. The maximum absolute atomic E-state index is 13.9. The molecule has 5 rings (SSSR count). The first-order valence-corrected chi connectivity index (χ1v) is 14.9. The van der Waals surface area contributed by atoms with Gasteiger partial charge in [-0.15, -0.1) is 0 Å². The largest absolute Gasteiger partial charge is 0.484 e. The molecule has 4 heterocycles. The van der Waals surface area contributed by atoms with Crippen LogP contribution in [0.4, 0.5) is 26.8 Å². The summed E-state index contributed by atoms with van der Waals surface area (Å²) in [6.45, 7) is 17.2. The Kier molecular flexibility index (Phi) is 8.29. The molecule has 0 spiro atoms. The summed E-state index contributed by atoms with van der Waals surface area (Å²) in [6, 6.07) is 8.02. The van der Waals surface area contributed by atoms with Crippen LogP contribution in [0.15, 0.2) is 30.5 Å². The average molecular weight is 581 g/mol. The molecule has 0 saturated carbocycles. The number of benzene rings is 1. The molecule has 0 aliphatic carbocycles. The minimum Gasteiger partial charge on any atom is -0.484 e. The molecule has 2 fully saturated rings. The van der Waals surface area contributed by atoms with Gasteiger partial charge in [0.05, 0.1) is 24.5 Å². The summed E-state index contributed by atoms with van der Waals surface area (Å²) in [5, 5.41) is 0. The molecule has 3 aliphatic rings. The van der Waals surface area contributed by atoms with Crippen LogP contribution in [0, 0.1) is 0 Å². The molecule has 1 unspecified atom stereocenters. The van der Waals surface area contributed by atoms with Crippen molar-refractivity contribution in [3.63, 3.8) is 0 Å². The van der Waals surface area contributed by atoms with Crippen molar-refractivity contribution in [1.82, 2.24) is 9.88 Å². The minimum atomic E-state index is -0.704. The fraction of sp³-hybridized carbons (Fsp3) is 0.594. The van der Waals surface area contributed by atoms with Crippen molar-refractivity contribution >= 4 is 29.4 Å². The zero-order chi connectivity index (χ0) is 30.2.